The minimum Gasteiger partial charge on any atom is -0.479 e. The van der Waals surface area contributed by atoms with Gasteiger partial charge in [-0.15, -0.1) is 6.42 Å². The van der Waals surface area contributed by atoms with Crippen LogP contribution in [0.25, 0.3) is 0 Å². The van der Waals surface area contributed by atoms with Crippen LogP contribution in [0.3, 0.4) is 0 Å². The smallest absolute Gasteiger partial charge is 0.410 e. The molecule has 0 saturated carbocycles. The minimum atomic E-state index is -1.82. The number of ether oxygens (including phenoxy) is 10. The summed E-state index contributed by atoms with van der Waals surface area (Å²) in [5, 5.41) is 63.0. The quantitative estimate of drug-likeness (QED) is 0.0119. The van der Waals surface area contributed by atoms with Gasteiger partial charge in [-0.25, -0.2) is 29.2 Å². The van der Waals surface area contributed by atoms with Crippen molar-refractivity contribution in [1.29, 1.82) is 0 Å². The van der Waals surface area contributed by atoms with Crippen molar-refractivity contribution in [3.8, 4) is 12.3 Å². The van der Waals surface area contributed by atoms with Crippen molar-refractivity contribution >= 4 is 42.0 Å². The zero-order valence-corrected chi connectivity index (χ0v) is 43.8. The normalized spacial score (nSPS) is 20.5. The van der Waals surface area contributed by atoms with E-state index in [2.05, 4.69) is 21.2 Å². The Morgan fingerprint density at radius 3 is 1.44 bits per heavy atom. The van der Waals surface area contributed by atoms with Crippen LogP contribution in [0.15, 0.2) is 33.7 Å². The van der Waals surface area contributed by atoms with Crippen molar-refractivity contribution in [2.75, 3.05) is 139 Å². The molecule has 10 atom stereocenters. The lowest BCUT2D eigenvalue weighted by atomic mass is 9.87. The molecule has 0 aromatic heterocycles. The molecule has 3 amide bonds. The van der Waals surface area contributed by atoms with Crippen LogP contribution in [-0.4, -0.2) is 281 Å². The summed E-state index contributed by atoms with van der Waals surface area (Å²) >= 11 is 0. The number of terminal acetylenes is 1. The summed E-state index contributed by atoms with van der Waals surface area (Å²) in [5.74, 6) is -4.01. The van der Waals surface area contributed by atoms with Gasteiger partial charge in [0.15, 0.2) is 30.2 Å². The lowest BCUT2D eigenvalue weighted by Crippen LogP contribution is -2.61. The van der Waals surface area contributed by atoms with Gasteiger partial charge in [0.05, 0.1) is 104 Å². The third kappa shape index (κ3) is 25.1. The topological polar surface area (TPSA) is 450 Å². The number of aliphatic carboxylic acids is 2. The van der Waals surface area contributed by atoms with E-state index in [9.17, 15) is 54.6 Å². The Bertz CT molecular complexity index is 1990. The summed E-state index contributed by atoms with van der Waals surface area (Å²) in [7, 11) is 2.77. The molecule has 0 aliphatic carbocycles. The van der Waals surface area contributed by atoms with E-state index in [1.54, 1.807) is 6.92 Å². The molecule has 2 rings (SSSR count). The predicted octanol–water partition coefficient (Wildman–Crippen LogP) is -5.24. The number of likely N-dealkylation sites (N-methyl/N-ethyl adjacent to an activating group) is 2. The van der Waals surface area contributed by atoms with Gasteiger partial charge in [-0.2, -0.15) is 0 Å². The first-order valence-electron chi connectivity index (χ1n) is 24.4. The third-order valence-electron chi connectivity index (χ3n) is 11.3. The van der Waals surface area contributed by atoms with Crippen LogP contribution in [0.1, 0.15) is 13.8 Å². The number of guanidine groups is 2. The van der Waals surface area contributed by atoms with Gasteiger partial charge >= 0.3 is 24.1 Å². The van der Waals surface area contributed by atoms with Gasteiger partial charge in [0.1, 0.15) is 24.9 Å². The second-order valence-electron chi connectivity index (χ2n) is 17.2. The van der Waals surface area contributed by atoms with Crippen molar-refractivity contribution in [1.82, 2.24) is 20.0 Å². The molecule has 0 aromatic carbocycles. The summed E-state index contributed by atoms with van der Waals surface area (Å²) in [4.78, 5) is 74.8. The van der Waals surface area contributed by atoms with Crippen LogP contribution >= 0.6 is 0 Å². The van der Waals surface area contributed by atoms with E-state index in [4.69, 9.17) is 76.7 Å². The maximum atomic E-state index is 13.4. The Hall–Kier alpha value is -6.31. The summed E-state index contributed by atoms with van der Waals surface area (Å²) in [5.41, 5.74) is 22.2. The lowest BCUT2D eigenvalue weighted by molar-refractivity contribution is -0.148. The fourth-order valence-electron chi connectivity index (χ4n) is 7.25. The van der Waals surface area contributed by atoms with Gasteiger partial charge < -0.3 is 116 Å². The van der Waals surface area contributed by atoms with E-state index in [1.807, 2.05) is 4.90 Å². The zero-order valence-electron chi connectivity index (χ0n) is 43.8. The molecule has 0 radical (unpaired) electrons. The molecule has 0 unspecified atom stereocenters. The second-order valence-corrected chi connectivity index (χ2v) is 17.2. The molecule has 77 heavy (non-hydrogen) atoms. The number of carboxylic acids is 2. The number of carbonyl (C=O) groups is 5. The van der Waals surface area contributed by atoms with E-state index >= 15 is 0 Å². The average molecular weight is 1110 g/mol. The van der Waals surface area contributed by atoms with Crippen LogP contribution in [0.4, 0.5) is 9.59 Å². The molecular weight excluding hydrogens is 1030 g/mol. The Labute approximate surface area is 445 Å². The maximum Gasteiger partial charge on any atom is 0.410 e. The minimum absolute atomic E-state index is 0.00763. The van der Waals surface area contributed by atoms with Gasteiger partial charge in [0.2, 0.25) is 17.4 Å². The predicted molar refractivity (Wildman–Crippen MR) is 269 cm³/mol. The molecule has 15 N–H and O–H groups in total. The molecule has 0 fully saturated rings. The van der Waals surface area contributed by atoms with E-state index in [0.717, 1.165) is 22.8 Å². The summed E-state index contributed by atoms with van der Waals surface area (Å²) in [6.45, 7) is 4.93. The van der Waals surface area contributed by atoms with E-state index in [0.29, 0.717) is 65.9 Å². The van der Waals surface area contributed by atoms with Crippen molar-refractivity contribution in [3.05, 3.63) is 23.7 Å². The number of aliphatic hydroxyl groups is 4. The number of carbonyl (C=O) groups excluding carboxylic acids is 3. The number of nitrogens with one attached hydrogen (secondary N) is 1. The number of carboxylic acid groups (broad SMARTS) is 2. The molecule has 438 valence electrons. The van der Waals surface area contributed by atoms with Gasteiger partial charge in [-0.05, 0) is 12.2 Å². The summed E-state index contributed by atoms with van der Waals surface area (Å²) in [6.07, 6.45) is -4.29. The van der Waals surface area contributed by atoms with Crippen molar-refractivity contribution < 1.29 is 102 Å². The van der Waals surface area contributed by atoms with Crippen LogP contribution in [-0.2, 0) is 61.8 Å². The Kier molecular flexibility index (Phi) is 31.8. The SMILES string of the molecule is C#CCOCCOCCOCCOCCN(CCOCCN(C)C(=O)O[C@@H]([C@@H]1OC(C(=O)O)=C[C@H](N=C(N)N)[C@H]1C)[C@H](O)CO)CCOCCN(C)C(=O)O[C@@H]([C@@H]1OC(C(=O)O)=C[C@H](N=C(N)N)[C@H]1NC(C)=O)[C@H](O)CO. The monoisotopic (exact) mass is 1110 g/mol. The summed E-state index contributed by atoms with van der Waals surface area (Å²) in [6, 6.07) is -3.43. The van der Waals surface area contributed by atoms with Gasteiger partial charge in [0.25, 0.3) is 0 Å². The van der Waals surface area contributed by atoms with Gasteiger partial charge in [0, 0.05) is 59.7 Å². The lowest BCUT2D eigenvalue weighted by Gasteiger charge is -2.40. The first-order chi connectivity index (χ1) is 36.6. The highest BCUT2D eigenvalue weighted by Crippen LogP contribution is 2.31. The molecule has 2 aliphatic heterocycles. The fourth-order valence-corrected chi connectivity index (χ4v) is 7.25. The fraction of sp³-hybridized carbons (Fsp3) is 0.717. The largest absolute Gasteiger partial charge is 0.479 e. The molecule has 0 spiro atoms. The average Bonchev–Trinajstić information content (AvgIpc) is 3.38. The highest BCUT2D eigenvalue weighted by atomic mass is 16.6. The maximum absolute atomic E-state index is 13.4. The van der Waals surface area contributed by atoms with Crippen molar-refractivity contribution in [3.63, 3.8) is 0 Å². The van der Waals surface area contributed by atoms with E-state index in [-0.39, 0.29) is 52.1 Å². The highest BCUT2D eigenvalue weighted by Gasteiger charge is 2.47. The first kappa shape index (κ1) is 66.8. The zero-order chi connectivity index (χ0) is 57.5. The Morgan fingerprint density at radius 1 is 0.649 bits per heavy atom. The van der Waals surface area contributed by atoms with Gasteiger partial charge in [-0.3, -0.25) is 9.69 Å². The number of nitrogens with two attached hydrogens (primary N) is 4. The van der Waals surface area contributed by atoms with Crippen molar-refractivity contribution in [2.45, 2.75) is 68.6 Å². The number of nitrogens with zero attached hydrogens (tertiary/aromatic N) is 5. The Morgan fingerprint density at radius 2 is 1.03 bits per heavy atom. The number of rotatable bonds is 38. The molecule has 31 nitrogen and oxygen atoms in total. The number of aliphatic hydroxyl groups excluding tert-OH is 4. The molecule has 0 saturated heterocycles. The van der Waals surface area contributed by atoms with E-state index < -0.39 is 121 Å². The standard InChI is InChI=1S/C46H78N10O21/c1-6-12-68-18-20-72-22-23-73-21-19-71-17-11-56(9-15-69-13-7-54(4)45(66)76-38(32(60)26-57)37-28(2)30(52-43(47)48)24-34(74-37)41(62)63)10-16-70-14-8-55(5)46(67)77-39(33(61)27-58)40-36(51-29(3)59)31(53-44(49)50)25-35(75-40)42(64)65/h1,24-25,28,30-33,36-40,57-58,60-61H,7-23,26-27H2,2-5H3,(H,51,59)(H,62,63)(H,64,65)(H4,47,48,52)(H4,49,50,53)/t28-,30+,31+,32-,33-,36-,37-,38-,39-,40-/m1/s1. The van der Waals surface area contributed by atoms with E-state index in [1.165, 1.54) is 20.2 Å². The van der Waals surface area contributed by atoms with Gasteiger partial charge in [-0.1, -0.05) is 12.8 Å². The molecular formula is C46H78N10O21. The number of amides is 3. The molecule has 0 aromatic rings. The highest BCUT2D eigenvalue weighted by molar-refractivity contribution is 5.86. The van der Waals surface area contributed by atoms with Crippen LogP contribution in [0.5, 0.6) is 0 Å². The molecule has 0 bridgehead atoms. The van der Waals surface area contributed by atoms with Crippen LogP contribution < -0.4 is 28.3 Å². The number of aliphatic imine (C=N–C) groups is 2. The first-order valence-corrected chi connectivity index (χ1v) is 24.4. The number of hydrogen-bond acceptors (Lipinski definition) is 22. The van der Waals surface area contributed by atoms with Crippen molar-refractivity contribution in [2.24, 2.45) is 38.8 Å². The van der Waals surface area contributed by atoms with Crippen LogP contribution in [0, 0.1) is 18.3 Å². The second kappa shape index (κ2) is 36.7. The molecule has 2 heterocycles. The number of hydrogen-bond donors (Lipinski definition) is 11. The molecule has 31 heteroatoms. The Balaban J connectivity index is 2.02. The van der Waals surface area contributed by atoms with Crippen LogP contribution in [0.2, 0.25) is 0 Å². The third-order valence-corrected chi connectivity index (χ3v) is 11.3. The molecule has 2 aliphatic rings. The summed E-state index contributed by atoms with van der Waals surface area (Å²) < 4.78 is 55.8.